The zero-order chi connectivity index (χ0) is 18.1. The fourth-order valence-electron chi connectivity index (χ4n) is 2.89. The van der Waals surface area contributed by atoms with Gasteiger partial charge in [-0.2, -0.15) is 5.26 Å². The molecule has 0 unspecified atom stereocenters. The number of aryl methyl sites for hydroxylation is 2. The van der Waals surface area contributed by atoms with Gasteiger partial charge in [0.15, 0.2) is 0 Å². The number of nitrogens with one attached hydrogen (secondary N) is 1. The van der Waals surface area contributed by atoms with Crippen LogP contribution in [0.2, 0.25) is 0 Å². The molecule has 1 heterocycles. The summed E-state index contributed by atoms with van der Waals surface area (Å²) >= 11 is 3.53. The molecule has 1 N–H and O–H groups in total. The topological polar surface area (TPSA) is 57.8 Å². The van der Waals surface area contributed by atoms with Crippen LogP contribution in [0.3, 0.4) is 0 Å². The second-order valence-electron chi connectivity index (χ2n) is 6.51. The highest BCUT2D eigenvalue weighted by Crippen LogP contribution is 2.26. The molecule has 0 radical (unpaired) electrons. The maximum atomic E-state index is 12.2. The van der Waals surface area contributed by atoms with Crippen LogP contribution in [0.5, 0.6) is 0 Å². The Morgan fingerprint density at radius 1 is 1.32 bits per heavy atom. The maximum absolute atomic E-state index is 12.2. The molecule has 1 amide bonds. The van der Waals surface area contributed by atoms with E-state index < -0.39 is 0 Å². The van der Waals surface area contributed by atoms with Gasteiger partial charge in [-0.05, 0) is 75.1 Å². The molecule has 1 saturated carbocycles. The smallest absolute Gasteiger partial charge is 0.262 e. The second-order valence-corrected chi connectivity index (χ2v) is 7.37. The van der Waals surface area contributed by atoms with Gasteiger partial charge >= 0.3 is 0 Å². The van der Waals surface area contributed by atoms with Crippen molar-refractivity contribution in [1.82, 2.24) is 9.88 Å². The van der Waals surface area contributed by atoms with Crippen molar-refractivity contribution >= 4 is 27.9 Å². The average molecular weight is 398 g/mol. The Labute approximate surface area is 156 Å². The molecule has 128 valence electrons. The Hall–Kier alpha value is -2.32. The van der Waals surface area contributed by atoms with Crippen LogP contribution in [0.15, 0.2) is 34.3 Å². The molecule has 25 heavy (non-hydrogen) atoms. The number of halogens is 1. The van der Waals surface area contributed by atoms with Crippen LogP contribution >= 0.6 is 15.9 Å². The monoisotopic (exact) mass is 397 g/mol. The molecule has 1 aromatic carbocycles. The highest BCUT2D eigenvalue weighted by atomic mass is 79.9. The lowest BCUT2D eigenvalue weighted by atomic mass is 10.1. The summed E-state index contributed by atoms with van der Waals surface area (Å²) in [5, 5.41) is 12.2. The van der Waals surface area contributed by atoms with Crippen LogP contribution in [-0.2, 0) is 4.79 Å². The standard InChI is InChI=1S/C20H20BrN3O/c1-12-8-18(6-7-19(12)21)24-13(2)9-15(14(24)3)10-16(11-22)20(25)23-17-4-5-17/h6-10,17H,4-5H2,1-3H3,(H,23,25)/b16-10+. The molecular weight excluding hydrogens is 378 g/mol. The highest BCUT2D eigenvalue weighted by Gasteiger charge is 2.25. The van der Waals surface area contributed by atoms with Gasteiger partial charge in [0.25, 0.3) is 5.91 Å². The van der Waals surface area contributed by atoms with E-state index in [1.54, 1.807) is 6.08 Å². The first-order chi connectivity index (χ1) is 11.9. The minimum absolute atomic E-state index is 0.152. The summed E-state index contributed by atoms with van der Waals surface area (Å²) in [5.41, 5.74) is 5.33. The summed E-state index contributed by atoms with van der Waals surface area (Å²) < 4.78 is 3.21. The normalized spacial score (nSPS) is 14.3. The molecule has 1 aliphatic rings. The molecular formula is C20H20BrN3O. The molecule has 0 aliphatic heterocycles. The molecule has 2 aromatic rings. The van der Waals surface area contributed by atoms with Crippen molar-refractivity contribution < 1.29 is 4.79 Å². The fraction of sp³-hybridized carbons (Fsp3) is 0.300. The van der Waals surface area contributed by atoms with Crippen LogP contribution < -0.4 is 5.32 Å². The number of nitriles is 1. The van der Waals surface area contributed by atoms with Crippen molar-refractivity contribution in [2.24, 2.45) is 0 Å². The van der Waals surface area contributed by atoms with Crippen LogP contribution in [-0.4, -0.2) is 16.5 Å². The fourth-order valence-corrected chi connectivity index (χ4v) is 3.14. The van der Waals surface area contributed by atoms with Crippen molar-refractivity contribution in [2.75, 3.05) is 0 Å². The zero-order valence-corrected chi connectivity index (χ0v) is 16.1. The molecule has 0 atom stereocenters. The summed E-state index contributed by atoms with van der Waals surface area (Å²) in [6, 6.07) is 10.5. The number of carbonyl (C=O) groups excluding carboxylic acids is 1. The summed E-state index contributed by atoms with van der Waals surface area (Å²) in [6.45, 7) is 6.08. The van der Waals surface area contributed by atoms with E-state index in [4.69, 9.17) is 0 Å². The minimum Gasteiger partial charge on any atom is -0.349 e. The Kier molecular flexibility index (Phi) is 4.82. The quantitative estimate of drug-likeness (QED) is 0.615. The SMILES string of the molecule is Cc1cc(-n2c(C)cc(/C=C(\C#N)C(=O)NC3CC3)c2C)ccc1Br. The van der Waals surface area contributed by atoms with Gasteiger partial charge in [0.2, 0.25) is 0 Å². The van der Waals surface area contributed by atoms with Crippen molar-refractivity contribution in [2.45, 2.75) is 39.7 Å². The van der Waals surface area contributed by atoms with Crippen molar-refractivity contribution in [3.63, 3.8) is 0 Å². The Balaban J connectivity index is 1.98. The summed E-state index contributed by atoms with van der Waals surface area (Å²) in [5.74, 6) is -0.283. The van der Waals surface area contributed by atoms with Crippen LogP contribution in [0, 0.1) is 32.1 Å². The lowest BCUT2D eigenvalue weighted by molar-refractivity contribution is -0.117. The van der Waals surface area contributed by atoms with Crippen molar-refractivity contribution in [1.29, 1.82) is 5.26 Å². The number of nitrogens with zero attached hydrogens (tertiary/aromatic N) is 2. The van der Waals surface area contributed by atoms with Crippen LogP contribution in [0.4, 0.5) is 0 Å². The molecule has 4 nitrogen and oxygen atoms in total. The van der Waals surface area contributed by atoms with Gasteiger partial charge in [0.05, 0.1) is 0 Å². The minimum atomic E-state index is -0.283. The van der Waals surface area contributed by atoms with E-state index in [0.29, 0.717) is 0 Å². The van der Waals surface area contributed by atoms with Gasteiger partial charge in [0.1, 0.15) is 11.6 Å². The first-order valence-corrected chi connectivity index (χ1v) is 9.08. The summed E-state index contributed by atoms with van der Waals surface area (Å²) in [7, 11) is 0. The number of benzene rings is 1. The van der Waals surface area contributed by atoms with Gasteiger partial charge < -0.3 is 9.88 Å². The van der Waals surface area contributed by atoms with E-state index in [0.717, 1.165) is 45.5 Å². The first kappa shape index (κ1) is 17.5. The Morgan fingerprint density at radius 2 is 2.04 bits per heavy atom. The van der Waals surface area contributed by atoms with Crippen LogP contribution in [0.25, 0.3) is 11.8 Å². The number of carbonyl (C=O) groups is 1. The third kappa shape index (κ3) is 3.69. The van der Waals surface area contributed by atoms with Crippen molar-refractivity contribution in [3.05, 3.63) is 56.8 Å². The van der Waals surface area contributed by atoms with E-state index in [-0.39, 0.29) is 17.5 Å². The molecule has 0 saturated heterocycles. The Morgan fingerprint density at radius 3 is 2.64 bits per heavy atom. The third-order valence-electron chi connectivity index (χ3n) is 4.45. The third-order valence-corrected chi connectivity index (χ3v) is 5.34. The van der Waals surface area contributed by atoms with Crippen molar-refractivity contribution in [3.8, 4) is 11.8 Å². The number of amides is 1. The van der Waals surface area contributed by atoms with Gasteiger partial charge in [-0.3, -0.25) is 4.79 Å². The highest BCUT2D eigenvalue weighted by molar-refractivity contribution is 9.10. The molecule has 0 spiro atoms. The van der Waals surface area contributed by atoms with E-state index in [1.807, 2.05) is 32.0 Å². The van der Waals surface area contributed by atoms with E-state index in [2.05, 4.69) is 44.9 Å². The second kappa shape index (κ2) is 6.89. The molecule has 1 fully saturated rings. The summed E-state index contributed by atoms with van der Waals surface area (Å²) in [4.78, 5) is 12.2. The molecule has 5 heteroatoms. The number of hydrogen-bond donors (Lipinski definition) is 1. The average Bonchev–Trinajstić information content (AvgIpc) is 3.33. The van der Waals surface area contributed by atoms with Gasteiger partial charge in [-0.15, -0.1) is 0 Å². The van der Waals surface area contributed by atoms with E-state index >= 15 is 0 Å². The molecule has 0 bridgehead atoms. The predicted molar refractivity (Wildman–Crippen MR) is 102 cm³/mol. The van der Waals surface area contributed by atoms with Gasteiger partial charge in [-0.25, -0.2) is 0 Å². The zero-order valence-electron chi connectivity index (χ0n) is 14.6. The lowest BCUT2D eigenvalue weighted by Gasteiger charge is -2.11. The van der Waals surface area contributed by atoms with Gasteiger partial charge in [-0.1, -0.05) is 15.9 Å². The largest absolute Gasteiger partial charge is 0.349 e. The number of aromatic nitrogens is 1. The number of rotatable bonds is 4. The predicted octanol–water partition coefficient (Wildman–Crippen LogP) is 4.35. The Bertz CT molecular complexity index is 914. The maximum Gasteiger partial charge on any atom is 0.262 e. The van der Waals surface area contributed by atoms with E-state index in [1.165, 1.54) is 0 Å². The van der Waals surface area contributed by atoms with Crippen LogP contribution in [0.1, 0.15) is 35.4 Å². The summed E-state index contributed by atoms with van der Waals surface area (Å²) in [6.07, 6.45) is 3.69. The van der Waals surface area contributed by atoms with Gasteiger partial charge in [0, 0.05) is 27.6 Å². The molecule has 3 rings (SSSR count). The molecule has 1 aromatic heterocycles. The molecule has 1 aliphatic carbocycles. The number of hydrogen-bond acceptors (Lipinski definition) is 2. The lowest BCUT2D eigenvalue weighted by Crippen LogP contribution is -2.26. The van der Waals surface area contributed by atoms with E-state index in [9.17, 15) is 10.1 Å². The first-order valence-electron chi connectivity index (χ1n) is 8.29.